The van der Waals surface area contributed by atoms with Crippen LogP contribution >= 0.6 is 0 Å². The predicted molar refractivity (Wildman–Crippen MR) is 71.0 cm³/mol. The zero-order valence-corrected chi connectivity index (χ0v) is 11.4. The highest BCUT2D eigenvalue weighted by Crippen LogP contribution is 2.32. The van der Waals surface area contributed by atoms with Gasteiger partial charge >= 0.3 is 0 Å². The molecule has 1 saturated carbocycles. The topological polar surface area (TPSA) is 38.5 Å². The summed E-state index contributed by atoms with van der Waals surface area (Å²) in [5.74, 6) is 0.730. The first kappa shape index (κ1) is 13.3. The van der Waals surface area contributed by atoms with E-state index in [1.807, 2.05) is 0 Å². The van der Waals surface area contributed by atoms with Crippen molar-refractivity contribution in [1.82, 2.24) is 4.90 Å². The molecule has 1 saturated heterocycles. The maximum atomic E-state index is 5.92. The first-order valence-electron chi connectivity index (χ1n) is 7.33. The van der Waals surface area contributed by atoms with Gasteiger partial charge in [-0.05, 0) is 51.6 Å². The van der Waals surface area contributed by atoms with Crippen LogP contribution in [-0.4, -0.2) is 42.8 Å². The lowest BCUT2D eigenvalue weighted by atomic mass is 9.96. The van der Waals surface area contributed by atoms with E-state index in [1.54, 1.807) is 0 Å². The number of ether oxygens (including phenoxy) is 1. The summed E-state index contributed by atoms with van der Waals surface area (Å²) in [5.41, 5.74) is 5.92. The molecule has 1 heterocycles. The summed E-state index contributed by atoms with van der Waals surface area (Å²) < 4.78 is 5.67. The number of hydrogen-bond donors (Lipinski definition) is 1. The maximum Gasteiger partial charge on any atom is 0.0561 e. The summed E-state index contributed by atoms with van der Waals surface area (Å²) in [7, 11) is 0. The van der Waals surface area contributed by atoms with Gasteiger partial charge in [-0.2, -0.15) is 0 Å². The van der Waals surface area contributed by atoms with E-state index in [0.717, 1.165) is 31.2 Å². The first-order valence-corrected chi connectivity index (χ1v) is 7.33. The van der Waals surface area contributed by atoms with Crippen molar-refractivity contribution in [2.24, 2.45) is 11.7 Å². The molecule has 17 heavy (non-hydrogen) atoms. The minimum Gasteiger partial charge on any atom is -0.378 e. The minimum atomic E-state index is 0.431. The molecule has 0 aromatic carbocycles. The summed E-state index contributed by atoms with van der Waals surface area (Å²) in [6.45, 7) is 7.46. The average molecular weight is 240 g/mol. The second-order valence-electron chi connectivity index (χ2n) is 5.68. The number of nitrogens with zero attached hydrogens (tertiary/aromatic N) is 1. The lowest BCUT2D eigenvalue weighted by Gasteiger charge is -2.41. The molecule has 100 valence electrons. The highest BCUT2D eigenvalue weighted by molar-refractivity contribution is 4.90. The predicted octanol–water partition coefficient (Wildman–Crippen LogP) is 2.00. The molecular formula is C14H28N2O. The Morgan fingerprint density at radius 1 is 1.29 bits per heavy atom. The van der Waals surface area contributed by atoms with Crippen molar-refractivity contribution in [3.8, 4) is 0 Å². The highest BCUT2D eigenvalue weighted by atomic mass is 16.5. The number of nitrogens with two attached hydrogens (primary N) is 1. The van der Waals surface area contributed by atoms with Gasteiger partial charge in [-0.15, -0.1) is 0 Å². The van der Waals surface area contributed by atoms with Gasteiger partial charge in [0, 0.05) is 18.7 Å². The van der Waals surface area contributed by atoms with Gasteiger partial charge in [0.2, 0.25) is 0 Å². The molecule has 3 heteroatoms. The summed E-state index contributed by atoms with van der Waals surface area (Å²) >= 11 is 0. The first-order chi connectivity index (χ1) is 8.26. The number of hydrogen-bond acceptors (Lipinski definition) is 3. The largest absolute Gasteiger partial charge is 0.378 e. The summed E-state index contributed by atoms with van der Waals surface area (Å²) in [6.07, 6.45) is 6.87. The smallest absolute Gasteiger partial charge is 0.0561 e. The normalized spacial score (nSPS) is 38.8. The SMILES string of the molecule is CCN(C1CCOC(C)C1)C1CCCC1CN. The molecule has 4 atom stereocenters. The molecule has 1 aliphatic carbocycles. The number of rotatable bonds is 4. The van der Waals surface area contributed by atoms with Crippen molar-refractivity contribution >= 4 is 0 Å². The van der Waals surface area contributed by atoms with Crippen LogP contribution in [0.3, 0.4) is 0 Å². The molecule has 0 aromatic heterocycles. The van der Waals surface area contributed by atoms with Crippen LogP contribution < -0.4 is 5.73 Å². The Labute approximate surface area is 106 Å². The zero-order chi connectivity index (χ0) is 12.3. The molecule has 2 N–H and O–H groups in total. The van der Waals surface area contributed by atoms with Crippen LogP contribution in [0.1, 0.15) is 46.0 Å². The second-order valence-corrected chi connectivity index (χ2v) is 5.68. The van der Waals surface area contributed by atoms with Crippen molar-refractivity contribution in [3.05, 3.63) is 0 Å². The Morgan fingerprint density at radius 2 is 2.12 bits per heavy atom. The van der Waals surface area contributed by atoms with E-state index in [-0.39, 0.29) is 0 Å². The van der Waals surface area contributed by atoms with E-state index >= 15 is 0 Å². The fourth-order valence-corrected chi connectivity index (χ4v) is 3.77. The van der Waals surface area contributed by atoms with Gasteiger partial charge in [0.05, 0.1) is 6.10 Å². The standard InChI is InChI=1S/C14H28N2O/c1-3-16(13-7-8-17-11(2)9-13)14-6-4-5-12(14)10-15/h11-14H,3-10,15H2,1-2H3. The van der Waals surface area contributed by atoms with E-state index in [1.165, 1.54) is 38.6 Å². The molecule has 1 aliphatic heterocycles. The lowest BCUT2D eigenvalue weighted by Crippen LogP contribution is -2.49. The van der Waals surface area contributed by atoms with E-state index in [4.69, 9.17) is 10.5 Å². The summed E-state index contributed by atoms with van der Waals surface area (Å²) in [5, 5.41) is 0. The summed E-state index contributed by atoms with van der Waals surface area (Å²) in [4.78, 5) is 2.73. The molecule has 0 radical (unpaired) electrons. The molecule has 0 bridgehead atoms. The van der Waals surface area contributed by atoms with Crippen molar-refractivity contribution < 1.29 is 4.74 Å². The Morgan fingerprint density at radius 3 is 2.76 bits per heavy atom. The molecule has 2 fully saturated rings. The van der Waals surface area contributed by atoms with Crippen molar-refractivity contribution in [1.29, 1.82) is 0 Å². The molecule has 2 aliphatic rings. The Hall–Kier alpha value is -0.120. The molecule has 2 rings (SSSR count). The van der Waals surface area contributed by atoms with E-state index < -0.39 is 0 Å². The van der Waals surface area contributed by atoms with E-state index in [9.17, 15) is 0 Å². The molecule has 0 spiro atoms. The molecule has 0 amide bonds. The monoisotopic (exact) mass is 240 g/mol. The molecule has 4 unspecified atom stereocenters. The van der Waals surface area contributed by atoms with Crippen molar-refractivity contribution in [2.45, 2.75) is 64.1 Å². The Kier molecular flexibility index (Phi) is 4.83. The fraction of sp³-hybridized carbons (Fsp3) is 1.00. The molecule has 0 aromatic rings. The second kappa shape index (κ2) is 6.17. The van der Waals surface area contributed by atoms with Crippen LogP contribution in [0.25, 0.3) is 0 Å². The third-order valence-corrected chi connectivity index (χ3v) is 4.64. The maximum absolute atomic E-state index is 5.92. The van der Waals surface area contributed by atoms with Gasteiger partial charge in [-0.25, -0.2) is 0 Å². The van der Waals surface area contributed by atoms with Crippen LogP contribution in [-0.2, 0) is 4.74 Å². The van der Waals surface area contributed by atoms with Gasteiger partial charge in [0.1, 0.15) is 0 Å². The van der Waals surface area contributed by atoms with Crippen molar-refractivity contribution in [2.75, 3.05) is 19.7 Å². The van der Waals surface area contributed by atoms with Gasteiger partial charge in [0.25, 0.3) is 0 Å². The van der Waals surface area contributed by atoms with Crippen LogP contribution in [0.2, 0.25) is 0 Å². The average Bonchev–Trinajstić information content (AvgIpc) is 2.78. The van der Waals surface area contributed by atoms with Gasteiger partial charge in [-0.3, -0.25) is 4.90 Å². The van der Waals surface area contributed by atoms with E-state index in [2.05, 4.69) is 18.7 Å². The van der Waals surface area contributed by atoms with Gasteiger partial charge < -0.3 is 10.5 Å². The van der Waals surface area contributed by atoms with Crippen LogP contribution in [0.4, 0.5) is 0 Å². The van der Waals surface area contributed by atoms with E-state index in [0.29, 0.717) is 6.10 Å². The van der Waals surface area contributed by atoms with Crippen LogP contribution in [0.15, 0.2) is 0 Å². The fourth-order valence-electron chi connectivity index (χ4n) is 3.77. The van der Waals surface area contributed by atoms with Crippen LogP contribution in [0, 0.1) is 5.92 Å². The van der Waals surface area contributed by atoms with Gasteiger partial charge in [-0.1, -0.05) is 13.3 Å². The minimum absolute atomic E-state index is 0.431. The lowest BCUT2D eigenvalue weighted by molar-refractivity contribution is -0.0307. The Balaban J connectivity index is 1.99. The third kappa shape index (κ3) is 3.01. The summed E-state index contributed by atoms with van der Waals surface area (Å²) in [6, 6.07) is 1.46. The third-order valence-electron chi connectivity index (χ3n) is 4.64. The molecular weight excluding hydrogens is 212 g/mol. The Bertz CT molecular complexity index is 234. The highest BCUT2D eigenvalue weighted by Gasteiger charge is 2.35. The quantitative estimate of drug-likeness (QED) is 0.817. The van der Waals surface area contributed by atoms with Crippen molar-refractivity contribution in [3.63, 3.8) is 0 Å². The van der Waals surface area contributed by atoms with Crippen LogP contribution in [0.5, 0.6) is 0 Å². The zero-order valence-electron chi connectivity index (χ0n) is 11.4. The van der Waals surface area contributed by atoms with Gasteiger partial charge in [0.15, 0.2) is 0 Å². The molecule has 3 nitrogen and oxygen atoms in total.